The van der Waals surface area contributed by atoms with E-state index in [4.69, 9.17) is 9.47 Å². The van der Waals surface area contributed by atoms with Crippen molar-refractivity contribution in [1.29, 1.82) is 0 Å². The van der Waals surface area contributed by atoms with Crippen LogP contribution >= 0.6 is 0 Å². The zero-order valence-electron chi connectivity index (χ0n) is 11.5. The van der Waals surface area contributed by atoms with E-state index < -0.39 is 5.97 Å². The summed E-state index contributed by atoms with van der Waals surface area (Å²) >= 11 is 0. The van der Waals surface area contributed by atoms with E-state index in [1.54, 1.807) is 26.4 Å². The third kappa shape index (κ3) is 4.50. The van der Waals surface area contributed by atoms with Gasteiger partial charge in [-0.1, -0.05) is 0 Å². The van der Waals surface area contributed by atoms with E-state index in [0.717, 1.165) is 5.69 Å². The molecule has 0 saturated carbocycles. The van der Waals surface area contributed by atoms with Crippen molar-refractivity contribution in [2.75, 3.05) is 45.4 Å². The molecule has 0 saturated heterocycles. The summed E-state index contributed by atoms with van der Waals surface area (Å²) in [7, 11) is 3.21. The Balaban J connectivity index is 3.03. The lowest BCUT2D eigenvalue weighted by molar-refractivity contribution is 0.0697. The molecule has 0 unspecified atom stereocenters. The molecule has 0 aliphatic heterocycles. The van der Waals surface area contributed by atoms with Gasteiger partial charge in [-0.15, -0.1) is 0 Å². The Labute approximate surface area is 113 Å². The number of hydrogen-bond donors (Lipinski definition) is 1. The number of anilines is 1. The first kappa shape index (κ1) is 15.4. The van der Waals surface area contributed by atoms with Crippen LogP contribution in [0.2, 0.25) is 0 Å². The molecule has 106 valence electrons. The normalized spacial score (nSPS) is 10.5. The van der Waals surface area contributed by atoms with Crippen LogP contribution in [0, 0.1) is 6.92 Å². The van der Waals surface area contributed by atoms with Gasteiger partial charge in [-0.25, -0.2) is 9.78 Å². The number of carbonyl (C=O) groups is 1. The minimum Gasteiger partial charge on any atom is -0.478 e. The van der Waals surface area contributed by atoms with Crippen molar-refractivity contribution in [1.82, 2.24) is 4.98 Å². The van der Waals surface area contributed by atoms with Gasteiger partial charge in [-0.05, 0) is 19.1 Å². The van der Waals surface area contributed by atoms with E-state index in [1.165, 1.54) is 0 Å². The SMILES string of the molecule is COCCN(CCOC)c1nc(C)ccc1C(=O)O. The Bertz CT molecular complexity index is 415. The number of carboxylic acid groups (broad SMARTS) is 1. The highest BCUT2D eigenvalue weighted by atomic mass is 16.5. The monoisotopic (exact) mass is 268 g/mol. The largest absolute Gasteiger partial charge is 0.478 e. The maximum absolute atomic E-state index is 11.3. The fourth-order valence-corrected chi connectivity index (χ4v) is 1.68. The van der Waals surface area contributed by atoms with E-state index in [2.05, 4.69) is 4.98 Å². The van der Waals surface area contributed by atoms with Crippen LogP contribution in [0.4, 0.5) is 5.82 Å². The average molecular weight is 268 g/mol. The molecule has 1 aromatic heterocycles. The van der Waals surface area contributed by atoms with E-state index in [9.17, 15) is 9.90 Å². The van der Waals surface area contributed by atoms with E-state index in [0.29, 0.717) is 32.1 Å². The van der Waals surface area contributed by atoms with Crippen molar-refractivity contribution in [3.63, 3.8) is 0 Å². The zero-order valence-corrected chi connectivity index (χ0v) is 11.5. The summed E-state index contributed by atoms with van der Waals surface area (Å²) in [6.45, 7) is 3.96. The molecule has 0 atom stereocenters. The van der Waals surface area contributed by atoms with Gasteiger partial charge in [0.1, 0.15) is 11.4 Å². The van der Waals surface area contributed by atoms with Crippen LogP contribution in [-0.2, 0) is 9.47 Å². The lowest BCUT2D eigenvalue weighted by Gasteiger charge is -2.24. The molecule has 0 amide bonds. The smallest absolute Gasteiger partial charge is 0.339 e. The van der Waals surface area contributed by atoms with Gasteiger partial charge in [0, 0.05) is 33.0 Å². The van der Waals surface area contributed by atoms with Crippen molar-refractivity contribution in [2.24, 2.45) is 0 Å². The number of aryl methyl sites for hydroxylation is 1. The number of ether oxygens (including phenoxy) is 2. The Hall–Kier alpha value is -1.66. The fraction of sp³-hybridized carbons (Fsp3) is 0.538. The first-order chi connectivity index (χ1) is 9.10. The molecule has 1 aromatic rings. The van der Waals surface area contributed by atoms with Crippen molar-refractivity contribution in [3.05, 3.63) is 23.4 Å². The Morgan fingerprint density at radius 2 is 1.84 bits per heavy atom. The second-order valence-corrected chi connectivity index (χ2v) is 4.10. The summed E-state index contributed by atoms with van der Waals surface area (Å²) < 4.78 is 10.1. The molecule has 0 aromatic carbocycles. The van der Waals surface area contributed by atoms with Crippen LogP contribution in [0.1, 0.15) is 16.1 Å². The van der Waals surface area contributed by atoms with Crippen LogP contribution in [0.15, 0.2) is 12.1 Å². The molecule has 1 heterocycles. The first-order valence-corrected chi connectivity index (χ1v) is 6.04. The number of hydrogen-bond acceptors (Lipinski definition) is 5. The van der Waals surface area contributed by atoms with E-state index >= 15 is 0 Å². The van der Waals surface area contributed by atoms with Gasteiger partial charge in [0.05, 0.1) is 13.2 Å². The zero-order chi connectivity index (χ0) is 14.3. The van der Waals surface area contributed by atoms with Gasteiger partial charge in [-0.3, -0.25) is 0 Å². The number of methoxy groups -OCH3 is 2. The van der Waals surface area contributed by atoms with E-state index in [-0.39, 0.29) is 5.56 Å². The van der Waals surface area contributed by atoms with Gasteiger partial charge < -0.3 is 19.5 Å². The van der Waals surface area contributed by atoms with Gasteiger partial charge in [0.25, 0.3) is 0 Å². The van der Waals surface area contributed by atoms with Crippen molar-refractivity contribution in [3.8, 4) is 0 Å². The van der Waals surface area contributed by atoms with Gasteiger partial charge in [0.15, 0.2) is 0 Å². The molecule has 1 rings (SSSR count). The maximum Gasteiger partial charge on any atom is 0.339 e. The maximum atomic E-state index is 11.3. The molecule has 0 spiro atoms. The van der Waals surface area contributed by atoms with Crippen LogP contribution in [0.5, 0.6) is 0 Å². The van der Waals surface area contributed by atoms with Crippen LogP contribution < -0.4 is 4.90 Å². The number of pyridine rings is 1. The van der Waals surface area contributed by atoms with Crippen LogP contribution in [0.3, 0.4) is 0 Å². The lowest BCUT2D eigenvalue weighted by atomic mass is 10.2. The number of aromatic nitrogens is 1. The van der Waals surface area contributed by atoms with Gasteiger partial charge in [-0.2, -0.15) is 0 Å². The summed E-state index contributed by atoms with van der Waals surface area (Å²) in [5, 5.41) is 9.23. The number of aromatic carboxylic acids is 1. The molecule has 0 fully saturated rings. The molecule has 19 heavy (non-hydrogen) atoms. The Kier molecular flexibility index (Phi) is 6.24. The Morgan fingerprint density at radius 1 is 1.26 bits per heavy atom. The summed E-state index contributed by atoms with van der Waals surface area (Å²) in [5.41, 5.74) is 0.970. The van der Waals surface area contributed by atoms with Crippen molar-refractivity contribution < 1.29 is 19.4 Å². The fourth-order valence-electron chi connectivity index (χ4n) is 1.68. The first-order valence-electron chi connectivity index (χ1n) is 6.04. The van der Waals surface area contributed by atoms with Crippen molar-refractivity contribution in [2.45, 2.75) is 6.92 Å². The van der Waals surface area contributed by atoms with Crippen LogP contribution in [0.25, 0.3) is 0 Å². The summed E-state index contributed by atoms with van der Waals surface area (Å²) in [4.78, 5) is 17.5. The quantitative estimate of drug-likeness (QED) is 0.763. The minimum absolute atomic E-state index is 0.192. The number of carboxylic acids is 1. The molecule has 1 N–H and O–H groups in total. The molecule has 6 heteroatoms. The molecule has 0 radical (unpaired) electrons. The average Bonchev–Trinajstić information content (AvgIpc) is 2.38. The summed E-state index contributed by atoms with van der Waals surface area (Å²) in [5.74, 6) is -0.524. The molecule has 0 aliphatic carbocycles. The number of rotatable bonds is 8. The highest BCUT2D eigenvalue weighted by Crippen LogP contribution is 2.18. The molecular weight excluding hydrogens is 248 g/mol. The summed E-state index contributed by atoms with van der Waals surface area (Å²) in [6, 6.07) is 3.27. The Morgan fingerprint density at radius 3 is 2.32 bits per heavy atom. The molecule has 0 aliphatic rings. The summed E-state index contributed by atoms with van der Waals surface area (Å²) in [6.07, 6.45) is 0. The highest BCUT2D eigenvalue weighted by Gasteiger charge is 2.17. The van der Waals surface area contributed by atoms with Crippen LogP contribution in [-0.4, -0.2) is 56.6 Å². The second kappa shape index (κ2) is 7.70. The van der Waals surface area contributed by atoms with Gasteiger partial charge >= 0.3 is 5.97 Å². The molecule has 0 bridgehead atoms. The third-order valence-electron chi connectivity index (χ3n) is 2.67. The predicted molar refractivity (Wildman–Crippen MR) is 71.9 cm³/mol. The highest BCUT2D eigenvalue weighted by molar-refractivity contribution is 5.93. The second-order valence-electron chi connectivity index (χ2n) is 4.10. The minimum atomic E-state index is -0.984. The third-order valence-corrected chi connectivity index (χ3v) is 2.67. The van der Waals surface area contributed by atoms with Gasteiger partial charge in [0.2, 0.25) is 0 Å². The van der Waals surface area contributed by atoms with E-state index in [1.807, 2.05) is 11.8 Å². The number of nitrogens with zero attached hydrogens (tertiary/aromatic N) is 2. The molecular formula is C13H20N2O4. The van der Waals surface area contributed by atoms with Crippen molar-refractivity contribution >= 4 is 11.8 Å². The standard InChI is InChI=1S/C13H20N2O4/c1-10-4-5-11(13(16)17)12(14-10)15(6-8-18-2)7-9-19-3/h4-5H,6-9H2,1-3H3,(H,16,17). The lowest BCUT2D eigenvalue weighted by Crippen LogP contribution is -2.33. The predicted octanol–water partition coefficient (Wildman–Crippen LogP) is 1.19. The topological polar surface area (TPSA) is 71.9 Å². The molecule has 6 nitrogen and oxygen atoms in total.